The molecular weight excluding hydrogens is 358 g/mol. The van der Waals surface area contributed by atoms with Gasteiger partial charge in [-0.15, -0.1) is 0 Å². The maximum Gasteiger partial charge on any atom is 0.233 e. The van der Waals surface area contributed by atoms with Crippen LogP contribution in [0.4, 0.5) is 0 Å². The lowest BCUT2D eigenvalue weighted by Gasteiger charge is -2.44. The van der Waals surface area contributed by atoms with E-state index in [1.807, 2.05) is 19.9 Å². The molecule has 2 saturated heterocycles. The Labute approximate surface area is 165 Å². The third-order valence-electron chi connectivity index (χ3n) is 6.82. The largest absolute Gasteiger partial charge is 0.508 e. The Morgan fingerprint density at radius 2 is 1.89 bits per heavy atom. The smallest absolute Gasteiger partial charge is 0.233 e. The van der Waals surface area contributed by atoms with Crippen LogP contribution in [0.5, 0.6) is 5.75 Å². The lowest BCUT2D eigenvalue weighted by molar-refractivity contribution is -0.270. The zero-order chi connectivity index (χ0) is 20.1. The van der Waals surface area contributed by atoms with Crippen molar-refractivity contribution in [3.8, 4) is 5.75 Å². The Morgan fingerprint density at radius 1 is 1.14 bits per heavy atom. The van der Waals surface area contributed by atoms with Crippen molar-refractivity contribution in [3.63, 3.8) is 0 Å². The zero-order valence-corrected chi connectivity index (χ0v) is 16.5. The second kappa shape index (κ2) is 7.16. The maximum absolute atomic E-state index is 13.1. The number of hydrogen-bond donors (Lipinski definition) is 2. The van der Waals surface area contributed by atoms with Crippen LogP contribution in [0.15, 0.2) is 24.3 Å². The molecule has 152 valence electrons. The summed E-state index contributed by atoms with van der Waals surface area (Å²) >= 11 is 0. The summed E-state index contributed by atoms with van der Waals surface area (Å²) in [6.45, 7) is 4.43. The minimum atomic E-state index is -1.44. The van der Waals surface area contributed by atoms with Gasteiger partial charge in [-0.2, -0.15) is 0 Å². The van der Waals surface area contributed by atoms with Gasteiger partial charge in [0.1, 0.15) is 5.75 Å². The standard InChI is InChI=1S/C22H29NO5/c1-3-7-13-11-15-19(21(26)23(10-4-2)20(15)25)16-12-18(28-22(13,16)27)14-8-5-6-9-17(14)24/h5-6,8-9,13,15-16,18-19,24,27H,3-4,7,10-12H2,1-2H3/t13-,15-,16-,18-,19-,22+/m0/s1. The first kappa shape index (κ1) is 19.4. The third-order valence-corrected chi connectivity index (χ3v) is 6.82. The number of likely N-dealkylation sites (tertiary alicyclic amines) is 1. The van der Waals surface area contributed by atoms with Gasteiger partial charge >= 0.3 is 0 Å². The van der Waals surface area contributed by atoms with Crippen LogP contribution < -0.4 is 0 Å². The number of carbonyl (C=O) groups is 2. The van der Waals surface area contributed by atoms with E-state index in [0.29, 0.717) is 24.9 Å². The van der Waals surface area contributed by atoms with Gasteiger partial charge < -0.3 is 14.9 Å². The summed E-state index contributed by atoms with van der Waals surface area (Å²) < 4.78 is 6.19. The summed E-state index contributed by atoms with van der Waals surface area (Å²) in [5.74, 6) is -3.12. The quantitative estimate of drug-likeness (QED) is 0.759. The first-order valence-corrected chi connectivity index (χ1v) is 10.5. The fraction of sp³-hybridized carbons (Fsp3) is 0.636. The Balaban J connectivity index is 1.71. The fourth-order valence-electron chi connectivity index (χ4n) is 5.62. The molecule has 3 aliphatic rings. The second-order valence-electron chi connectivity index (χ2n) is 8.44. The number of carbonyl (C=O) groups excluding carboxylic acids is 2. The average Bonchev–Trinajstić information content (AvgIpc) is 3.13. The number of aliphatic hydroxyl groups is 1. The molecule has 2 N–H and O–H groups in total. The number of rotatable bonds is 5. The van der Waals surface area contributed by atoms with Gasteiger partial charge in [0.2, 0.25) is 11.8 Å². The van der Waals surface area contributed by atoms with Crippen LogP contribution in [0.2, 0.25) is 0 Å². The van der Waals surface area contributed by atoms with Gasteiger partial charge in [-0.1, -0.05) is 38.5 Å². The van der Waals surface area contributed by atoms with Crippen LogP contribution in [-0.4, -0.2) is 39.3 Å². The minimum absolute atomic E-state index is 0.0917. The summed E-state index contributed by atoms with van der Waals surface area (Å²) in [5.41, 5.74) is 0.624. The van der Waals surface area contributed by atoms with Crippen molar-refractivity contribution in [2.45, 2.75) is 57.8 Å². The van der Waals surface area contributed by atoms with Crippen LogP contribution in [-0.2, 0) is 14.3 Å². The molecule has 6 heteroatoms. The number of fused-ring (bicyclic) bond motifs is 3. The molecule has 0 radical (unpaired) electrons. The van der Waals surface area contributed by atoms with Gasteiger partial charge in [0.25, 0.3) is 0 Å². The molecule has 28 heavy (non-hydrogen) atoms. The average molecular weight is 387 g/mol. The molecule has 1 saturated carbocycles. The van der Waals surface area contributed by atoms with Gasteiger partial charge in [0.15, 0.2) is 5.79 Å². The summed E-state index contributed by atoms with van der Waals surface area (Å²) in [6.07, 6.45) is 2.73. The summed E-state index contributed by atoms with van der Waals surface area (Å²) in [5, 5.41) is 21.9. The molecule has 0 aromatic heterocycles. The molecule has 3 fully saturated rings. The zero-order valence-electron chi connectivity index (χ0n) is 16.5. The molecule has 1 aliphatic carbocycles. The Kier molecular flexibility index (Phi) is 4.96. The van der Waals surface area contributed by atoms with Gasteiger partial charge in [-0.3, -0.25) is 14.5 Å². The van der Waals surface area contributed by atoms with E-state index in [-0.39, 0.29) is 29.4 Å². The van der Waals surface area contributed by atoms with Gasteiger partial charge in [-0.05, 0) is 31.7 Å². The molecule has 2 aliphatic heterocycles. The molecule has 6 atom stereocenters. The monoisotopic (exact) mass is 387 g/mol. The van der Waals surface area contributed by atoms with Crippen molar-refractivity contribution in [2.75, 3.05) is 6.54 Å². The van der Waals surface area contributed by atoms with Crippen molar-refractivity contribution in [2.24, 2.45) is 23.7 Å². The van der Waals surface area contributed by atoms with Crippen molar-refractivity contribution in [3.05, 3.63) is 29.8 Å². The Bertz CT molecular complexity index is 780. The van der Waals surface area contributed by atoms with E-state index in [9.17, 15) is 19.8 Å². The number of hydrogen-bond acceptors (Lipinski definition) is 5. The van der Waals surface area contributed by atoms with E-state index in [1.54, 1.807) is 18.2 Å². The lowest BCUT2D eigenvalue weighted by atomic mass is 9.63. The molecule has 1 aromatic rings. The number of ether oxygens (including phenoxy) is 1. The van der Waals surface area contributed by atoms with Crippen LogP contribution in [0.25, 0.3) is 0 Å². The van der Waals surface area contributed by atoms with Crippen molar-refractivity contribution in [1.29, 1.82) is 0 Å². The maximum atomic E-state index is 13.1. The molecule has 0 spiro atoms. The first-order valence-electron chi connectivity index (χ1n) is 10.5. The Hall–Kier alpha value is -1.92. The highest BCUT2D eigenvalue weighted by atomic mass is 16.6. The van der Waals surface area contributed by atoms with Crippen LogP contribution in [0.3, 0.4) is 0 Å². The van der Waals surface area contributed by atoms with Gasteiger partial charge in [0.05, 0.1) is 17.9 Å². The number of phenols is 1. The van der Waals surface area contributed by atoms with E-state index in [0.717, 1.165) is 19.3 Å². The molecule has 2 amide bonds. The molecule has 0 unspecified atom stereocenters. The van der Waals surface area contributed by atoms with Crippen molar-refractivity contribution >= 4 is 11.8 Å². The van der Waals surface area contributed by atoms with Crippen molar-refractivity contribution in [1.82, 2.24) is 4.90 Å². The third kappa shape index (κ3) is 2.77. The first-order chi connectivity index (χ1) is 13.4. The lowest BCUT2D eigenvalue weighted by Crippen LogP contribution is -2.53. The van der Waals surface area contributed by atoms with E-state index in [4.69, 9.17) is 4.74 Å². The summed E-state index contributed by atoms with van der Waals surface area (Å²) in [4.78, 5) is 27.4. The van der Waals surface area contributed by atoms with E-state index < -0.39 is 23.7 Å². The van der Waals surface area contributed by atoms with Crippen molar-refractivity contribution < 1.29 is 24.5 Å². The minimum Gasteiger partial charge on any atom is -0.508 e. The number of phenolic OH excluding ortho intramolecular Hbond substituents is 1. The van der Waals surface area contributed by atoms with Gasteiger partial charge in [-0.25, -0.2) is 0 Å². The predicted molar refractivity (Wildman–Crippen MR) is 102 cm³/mol. The van der Waals surface area contributed by atoms with Crippen LogP contribution in [0, 0.1) is 23.7 Å². The summed E-state index contributed by atoms with van der Waals surface area (Å²) in [6, 6.07) is 6.96. The number of amides is 2. The molecule has 2 heterocycles. The normalized spacial score (nSPS) is 37.2. The number of imide groups is 1. The summed E-state index contributed by atoms with van der Waals surface area (Å²) in [7, 11) is 0. The number of benzene rings is 1. The predicted octanol–water partition coefficient (Wildman–Crippen LogP) is 2.99. The highest BCUT2D eigenvalue weighted by Crippen LogP contribution is 2.59. The molecule has 6 nitrogen and oxygen atoms in total. The highest BCUT2D eigenvalue weighted by Gasteiger charge is 2.66. The molecule has 1 aromatic carbocycles. The van der Waals surface area contributed by atoms with Gasteiger partial charge in [0, 0.05) is 23.9 Å². The second-order valence-corrected chi connectivity index (χ2v) is 8.44. The fourth-order valence-corrected chi connectivity index (χ4v) is 5.62. The Morgan fingerprint density at radius 3 is 2.57 bits per heavy atom. The SMILES string of the molecule is CCC[C@H]1C[C@@H]2C(=O)N(CCC)C(=O)[C@@H]2[C@@H]2C[C@@H](c3ccccc3O)O[C@]12O. The number of aromatic hydroxyl groups is 1. The molecule has 4 rings (SSSR count). The number of nitrogens with zero attached hydrogens (tertiary/aromatic N) is 1. The van der Waals surface area contributed by atoms with Crippen LogP contribution >= 0.6 is 0 Å². The molecule has 0 bridgehead atoms. The van der Waals surface area contributed by atoms with E-state index >= 15 is 0 Å². The van der Waals surface area contributed by atoms with Crippen LogP contribution in [0.1, 0.15) is 57.6 Å². The number of para-hydroxylation sites is 1. The van der Waals surface area contributed by atoms with E-state index in [1.165, 1.54) is 4.90 Å². The topological polar surface area (TPSA) is 87.1 Å². The van der Waals surface area contributed by atoms with E-state index in [2.05, 4.69) is 0 Å². The molecular formula is C22H29NO5. The highest BCUT2D eigenvalue weighted by molar-refractivity contribution is 6.05.